The lowest BCUT2D eigenvalue weighted by atomic mass is 9.85. The number of para-hydroxylation sites is 1. The van der Waals surface area contributed by atoms with Gasteiger partial charge in [-0.3, -0.25) is 4.79 Å². The summed E-state index contributed by atoms with van der Waals surface area (Å²) in [5, 5.41) is 0. The van der Waals surface area contributed by atoms with E-state index in [2.05, 4.69) is 26.8 Å². The largest absolute Gasteiger partial charge is 0.315 e. The van der Waals surface area contributed by atoms with Crippen LogP contribution in [0.25, 0.3) is 0 Å². The molecule has 0 spiro atoms. The summed E-state index contributed by atoms with van der Waals surface area (Å²) >= 11 is 0. The van der Waals surface area contributed by atoms with Crippen LogP contribution in [0.1, 0.15) is 40.2 Å². The van der Waals surface area contributed by atoms with Gasteiger partial charge >= 0.3 is 0 Å². The second-order valence-electron chi connectivity index (χ2n) is 5.82. The molecule has 0 radical (unpaired) electrons. The van der Waals surface area contributed by atoms with Gasteiger partial charge in [0.2, 0.25) is 5.91 Å². The third kappa shape index (κ3) is 3.09. The van der Waals surface area contributed by atoms with E-state index >= 15 is 0 Å². The first-order chi connectivity index (χ1) is 7.75. The van der Waals surface area contributed by atoms with E-state index in [4.69, 9.17) is 0 Å². The maximum absolute atomic E-state index is 12.0. The lowest BCUT2D eigenvalue weighted by Crippen LogP contribution is -2.32. The minimum absolute atomic E-state index is 0.0213. The second kappa shape index (κ2) is 4.91. The van der Waals surface area contributed by atoms with Crippen LogP contribution < -0.4 is 4.90 Å². The van der Waals surface area contributed by atoms with Crippen molar-refractivity contribution in [3.05, 3.63) is 29.8 Å². The van der Waals surface area contributed by atoms with Crippen LogP contribution in [0.4, 0.5) is 5.69 Å². The molecule has 0 saturated carbocycles. The standard InChI is InChI=1S/C15H23NO/c1-11(2)14(17)16(6)13-10-8-7-9-12(13)15(3,4)5/h7-11H,1-6H3. The molecule has 1 aromatic carbocycles. The maximum atomic E-state index is 12.0. The highest BCUT2D eigenvalue weighted by Crippen LogP contribution is 2.31. The lowest BCUT2D eigenvalue weighted by molar-refractivity contribution is -0.121. The van der Waals surface area contributed by atoms with Crippen LogP contribution in [0, 0.1) is 5.92 Å². The van der Waals surface area contributed by atoms with E-state index < -0.39 is 0 Å². The Morgan fingerprint density at radius 3 is 2.18 bits per heavy atom. The number of hydrogen-bond acceptors (Lipinski definition) is 1. The van der Waals surface area contributed by atoms with Gasteiger partial charge in [0, 0.05) is 18.7 Å². The highest BCUT2D eigenvalue weighted by atomic mass is 16.2. The number of benzene rings is 1. The van der Waals surface area contributed by atoms with Gasteiger partial charge in [-0.25, -0.2) is 0 Å². The fourth-order valence-electron chi connectivity index (χ4n) is 1.91. The van der Waals surface area contributed by atoms with E-state index in [0.29, 0.717) is 0 Å². The number of anilines is 1. The Bertz CT molecular complexity index is 402. The molecule has 94 valence electrons. The molecule has 0 aromatic heterocycles. The van der Waals surface area contributed by atoms with Gasteiger partial charge < -0.3 is 4.90 Å². The van der Waals surface area contributed by atoms with Crippen molar-refractivity contribution >= 4 is 11.6 Å². The van der Waals surface area contributed by atoms with Crippen molar-refractivity contribution < 1.29 is 4.79 Å². The van der Waals surface area contributed by atoms with Crippen molar-refractivity contribution in [2.24, 2.45) is 5.92 Å². The Kier molecular flexibility index (Phi) is 3.97. The molecule has 2 heteroatoms. The Hall–Kier alpha value is -1.31. The number of hydrogen-bond donors (Lipinski definition) is 0. The Morgan fingerprint density at radius 1 is 1.18 bits per heavy atom. The molecule has 0 aliphatic heterocycles. The summed E-state index contributed by atoms with van der Waals surface area (Å²) in [5.41, 5.74) is 2.26. The molecule has 0 heterocycles. The molecule has 0 aliphatic rings. The van der Waals surface area contributed by atoms with E-state index in [0.717, 1.165) is 5.69 Å². The van der Waals surface area contributed by atoms with Crippen LogP contribution in [0.3, 0.4) is 0 Å². The fraction of sp³-hybridized carbons (Fsp3) is 0.533. The minimum atomic E-state index is 0.0213. The highest BCUT2D eigenvalue weighted by molar-refractivity contribution is 5.95. The van der Waals surface area contributed by atoms with Gasteiger partial charge in [0.05, 0.1) is 0 Å². The van der Waals surface area contributed by atoms with Crippen LogP contribution in [-0.4, -0.2) is 13.0 Å². The Labute approximate surface area is 105 Å². The summed E-state index contributed by atoms with van der Waals surface area (Å²) in [7, 11) is 1.85. The second-order valence-corrected chi connectivity index (χ2v) is 5.82. The summed E-state index contributed by atoms with van der Waals surface area (Å²) in [6.45, 7) is 10.4. The summed E-state index contributed by atoms with van der Waals surface area (Å²) in [6.07, 6.45) is 0. The zero-order chi connectivity index (χ0) is 13.2. The van der Waals surface area contributed by atoms with Gasteiger partial charge in [-0.1, -0.05) is 52.8 Å². The van der Waals surface area contributed by atoms with Crippen LogP contribution >= 0.6 is 0 Å². The summed E-state index contributed by atoms with van der Waals surface area (Å²) in [5.74, 6) is 0.176. The van der Waals surface area contributed by atoms with Crippen LogP contribution in [0.2, 0.25) is 0 Å². The molecule has 0 unspecified atom stereocenters. The molecule has 0 saturated heterocycles. The van der Waals surface area contributed by atoms with Crippen molar-refractivity contribution in [1.82, 2.24) is 0 Å². The molecule has 17 heavy (non-hydrogen) atoms. The Balaban J connectivity index is 3.19. The number of carbonyl (C=O) groups excluding carboxylic acids is 1. The van der Waals surface area contributed by atoms with E-state index in [1.807, 2.05) is 39.1 Å². The summed E-state index contributed by atoms with van der Waals surface area (Å²) in [4.78, 5) is 13.8. The van der Waals surface area contributed by atoms with Crippen molar-refractivity contribution in [3.8, 4) is 0 Å². The van der Waals surface area contributed by atoms with Crippen LogP contribution in [0.15, 0.2) is 24.3 Å². The van der Waals surface area contributed by atoms with Gasteiger partial charge in [-0.2, -0.15) is 0 Å². The topological polar surface area (TPSA) is 20.3 Å². The predicted octanol–water partition coefficient (Wildman–Crippen LogP) is 3.60. The van der Waals surface area contributed by atoms with Crippen molar-refractivity contribution in [2.45, 2.75) is 40.0 Å². The molecular weight excluding hydrogens is 210 g/mol. The van der Waals surface area contributed by atoms with Crippen LogP contribution in [-0.2, 0) is 10.2 Å². The zero-order valence-electron chi connectivity index (χ0n) is 11.7. The van der Waals surface area contributed by atoms with E-state index in [1.165, 1.54) is 5.56 Å². The van der Waals surface area contributed by atoms with Crippen molar-refractivity contribution in [2.75, 3.05) is 11.9 Å². The molecule has 0 aliphatic carbocycles. The molecule has 0 atom stereocenters. The molecule has 0 fully saturated rings. The highest BCUT2D eigenvalue weighted by Gasteiger charge is 2.22. The smallest absolute Gasteiger partial charge is 0.229 e. The first-order valence-corrected chi connectivity index (χ1v) is 6.12. The van der Waals surface area contributed by atoms with Crippen molar-refractivity contribution in [3.63, 3.8) is 0 Å². The molecule has 1 amide bonds. The summed E-state index contributed by atoms with van der Waals surface area (Å²) < 4.78 is 0. The zero-order valence-corrected chi connectivity index (χ0v) is 11.7. The normalized spacial score (nSPS) is 11.7. The van der Waals surface area contributed by atoms with E-state index in [1.54, 1.807) is 4.90 Å². The average molecular weight is 233 g/mol. The quantitative estimate of drug-likeness (QED) is 0.764. The third-order valence-electron chi connectivity index (χ3n) is 2.90. The van der Waals surface area contributed by atoms with E-state index in [9.17, 15) is 4.79 Å². The Morgan fingerprint density at radius 2 is 1.71 bits per heavy atom. The monoisotopic (exact) mass is 233 g/mol. The molecule has 2 nitrogen and oxygen atoms in total. The molecule has 0 N–H and O–H groups in total. The summed E-state index contributed by atoms with van der Waals surface area (Å²) in [6, 6.07) is 8.12. The number of carbonyl (C=O) groups is 1. The SMILES string of the molecule is CC(C)C(=O)N(C)c1ccccc1C(C)(C)C. The molecular formula is C15H23NO. The van der Waals surface area contributed by atoms with Gasteiger partial charge in [-0.15, -0.1) is 0 Å². The first-order valence-electron chi connectivity index (χ1n) is 6.12. The number of amides is 1. The molecule has 1 rings (SSSR count). The van der Waals surface area contributed by atoms with Gasteiger partial charge in [-0.05, 0) is 17.0 Å². The average Bonchev–Trinajstić information content (AvgIpc) is 2.25. The number of rotatable bonds is 2. The minimum Gasteiger partial charge on any atom is -0.315 e. The van der Waals surface area contributed by atoms with Gasteiger partial charge in [0.1, 0.15) is 0 Å². The number of nitrogens with zero attached hydrogens (tertiary/aromatic N) is 1. The molecule has 1 aromatic rings. The molecule has 0 bridgehead atoms. The lowest BCUT2D eigenvalue weighted by Gasteiger charge is -2.28. The predicted molar refractivity (Wildman–Crippen MR) is 73.4 cm³/mol. The van der Waals surface area contributed by atoms with Crippen molar-refractivity contribution in [1.29, 1.82) is 0 Å². The first kappa shape index (κ1) is 13.8. The maximum Gasteiger partial charge on any atom is 0.229 e. The van der Waals surface area contributed by atoms with Gasteiger partial charge in [0.25, 0.3) is 0 Å². The van der Waals surface area contributed by atoms with Crippen LogP contribution in [0.5, 0.6) is 0 Å². The third-order valence-corrected chi connectivity index (χ3v) is 2.90. The van der Waals surface area contributed by atoms with E-state index in [-0.39, 0.29) is 17.2 Å². The fourth-order valence-corrected chi connectivity index (χ4v) is 1.91. The van der Waals surface area contributed by atoms with Gasteiger partial charge in [0.15, 0.2) is 0 Å².